The third-order valence-corrected chi connectivity index (χ3v) is 3.02. The lowest BCUT2D eigenvalue weighted by molar-refractivity contribution is -0.386. The fourth-order valence-corrected chi connectivity index (χ4v) is 1.94. The van der Waals surface area contributed by atoms with Gasteiger partial charge < -0.3 is 10.2 Å². The third kappa shape index (κ3) is 3.22. The molecular formula is C12H11BrN4O3. The minimum absolute atomic E-state index is 0.106. The number of nitrogens with two attached hydrogens (primary N) is 1. The van der Waals surface area contributed by atoms with E-state index in [1.165, 1.54) is 12.1 Å². The predicted octanol–water partition coefficient (Wildman–Crippen LogP) is 2.62. The van der Waals surface area contributed by atoms with Crippen LogP contribution in [0.5, 0.6) is 5.75 Å². The highest BCUT2D eigenvalue weighted by atomic mass is 79.9. The number of halogens is 1. The Balaban J connectivity index is 2.21. The molecule has 7 nitrogen and oxygen atoms in total. The molecule has 0 radical (unpaired) electrons. The van der Waals surface area contributed by atoms with Gasteiger partial charge in [0, 0.05) is 22.3 Å². The Morgan fingerprint density at radius 2 is 2.25 bits per heavy atom. The van der Waals surface area contributed by atoms with E-state index in [1.54, 1.807) is 24.4 Å². The zero-order valence-corrected chi connectivity index (χ0v) is 11.8. The van der Waals surface area contributed by atoms with Crippen molar-refractivity contribution in [3.63, 3.8) is 0 Å². The first-order valence-electron chi connectivity index (χ1n) is 5.59. The van der Waals surface area contributed by atoms with E-state index in [-0.39, 0.29) is 18.0 Å². The van der Waals surface area contributed by atoms with E-state index in [1.807, 2.05) is 0 Å². The topological polar surface area (TPSA) is 103 Å². The molecule has 0 fully saturated rings. The van der Waals surface area contributed by atoms with Gasteiger partial charge in [0.15, 0.2) is 5.75 Å². The van der Waals surface area contributed by atoms with E-state index in [0.717, 1.165) is 0 Å². The number of nitrogen functional groups attached to an aromatic ring is 1. The van der Waals surface area contributed by atoms with Crippen LogP contribution < -0.4 is 16.0 Å². The van der Waals surface area contributed by atoms with Crippen LogP contribution in [0.25, 0.3) is 0 Å². The van der Waals surface area contributed by atoms with Gasteiger partial charge in [-0.25, -0.2) is 10.8 Å². The number of benzene rings is 1. The van der Waals surface area contributed by atoms with Crippen LogP contribution in [-0.2, 0) is 6.61 Å². The second-order valence-electron chi connectivity index (χ2n) is 3.81. The van der Waals surface area contributed by atoms with Crippen LogP contribution in [0.4, 0.5) is 11.5 Å². The van der Waals surface area contributed by atoms with Crippen LogP contribution in [-0.4, -0.2) is 9.91 Å². The number of hydrazine groups is 1. The molecule has 0 aliphatic rings. The minimum atomic E-state index is -0.495. The van der Waals surface area contributed by atoms with Crippen LogP contribution in [0, 0.1) is 10.1 Å². The van der Waals surface area contributed by atoms with Crippen molar-refractivity contribution in [2.75, 3.05) is 5.43 Å². The number of nitro groups is 1. The molecule has 3 N–H and O–H groups in total. The van der Waals surface area contributed by atoms with E-state index in [0.29, 0.717) is 15.9 Å². The molecule has 2 rings (SSSR count). The predicted molar refractivity (Wildman–Crippen MR) is 77.2 cm³/mol. The molecule has 104 valence electrons. The number of ether oxygens (including phenoxy) is 1. The average Bonchev–Trinajstić information content (AvgIpc) is 2.46. The summed E-state index contributed by atoms with van der Waals surface area (Å²) < 4.78 is 6.10. The Morgan fingerprint density at radius 3 is 2.95 bits per heavy atom. The first-order valence-corrected chi connectivity index (χ1v) is 6.38. The van der Waals surface area contributed by atoms with E-state index in [4.69, 9.17) is 10.6 Å². The Kier molecular flexibility index (Phi) is 4.49. The molecule has 0 saturated carbocycles. The average molecular weight is 339 g/mol. The van der Waals surface area contributed by atoms with Gasteiger partial charge in [-0.3, -0.25) is 10.1 Å². The maximum Gasteiger partial charge on any atom is 0.312 e. The summed E-state index contributed by atoms with van der Waals surface area (Å²) in [6, 6.07) is 8.10. The van der Waals surface area contributed by atoms with Gasteiger partial charge in [0.1, 0.15) is 12.4 Å². The summed E-state index contributed by atoms with van der Waals surface area (Å²) in [4.78, 5) is 14.5. The smallest absolute Gasteiger partial charge is 0.312 e. The van der Waals surface area contributed by atoms with Crippen molar-refractivity contribution in [3.05, 3.63) is 56.7 Å². The number of nitrogens with zero attached hydrogens (tertiary/aromatic N) is 2. The second kappa shape index (κ2) is 6.31. The van der Waals surface area contributed by atoms with E-state index in [9.17, 15) is 10.1 Å². The van der Waals surface area contributed by atoms with Crippen LogP contribution in [0.2, 0.25) is 0 Å². The highest BCUT2D eigenvalue weighted by molar-refractivity contribution is 9.10. The summed E-state index contributed by atoms with van der Waals surface area (Å²) in [7, 11) is 0. The molecule has 20 heavy (non-hydrogen) atoms. The molecule has 0 aliphatic heterocycles. The van der Waals surface area contributed by atoms with Gasteiger partial charge in [-0.05, 0) is 18.2 Å². The molecule has 2 aromatic rings. The normalized spacial score (nSPS) is 10.1. The number of aromatic nitrogens is 1. The lowest BCUT2D eigenvalue weighted by atomic mass is 10.2. The summed E-state index contributed by atoms with van der Waals surface area (Å²) in [6.07, 6.45) is 1.58. The fraction of sp³-hybridized carbons (Fsp3) is 0.0833. The molecule has 1 heterocycles. The number of nitrogens with one attached hydrogen (secondary N) is 1. The molecule has 0 aliphatic carbocycles. The van der Waals surface area contributed by atoms with Crippen molar-refractivity contribution in [1.29, 1.82) is 0 Å². The summed E-state index contributed by atoms with van der Waals surface area (Å²) in [5, 5.41) is 11.0. The monoisotopic (exact) mass is 338 g/mol. The lowest BCUT2D eigenvalue weighted by Crippen LogP contribution is -2.12. The quantitative estimate of drug-likeness (QED) is 0.493. The van der Waals surface area contributed by atoms with E-state index >= 15 is 0 Å². The second-order valence-corrected chi connectivity index (χ2v) is 4.73. The molecule has 0 amide bonds. The van der Waals surface area contributed by atoms with Crippen LogP contribution in [0.1, 0.15) is 5.56 Å². The Labute approximate surface area is 123 Å². The number of rotatable bonds is 5. The van der Waals surface area contributed by atoms with Gasteiger partial charge in [0.25, 0.3) is 0 Å². The third-order valence-electron chi connectivity index (χ3n) is 2.53. The van der Waals surface area contributed by atoms with E-state index < -0.39 is 4.92 Å². The Morgan fingerprint density at radius 1 is 1.45 bits per heavy atom. The molecule has 0 spiro atoms. The molecule has 8 heteroatoms. The minimum Gasteiger partial charge on any atom is -0.482 e. The lowest BCUT2D eigenvalue weighted by Gasteiger charge is -2.09. The Bertz CT molecular complexity index is 636. The van der Waals surface area contributed by atoms with Gasteiger partial charge in [-0.15, -0.1) is 0 Å². The van der Waals surface area contributed by atoms with Crippen molar-refractivity contribution >= 4 is 27.4 Å². The number of hydrogen-bond acceptors (Lipinski definition) is 6. The van der Waals surface area contributed by atoms with Gasteiger partial charge in [0.2, 0.25) is 0 Å². The van der Waals surface area contributed by atoms with Gasteiger partial charge >= 0.3 is 5.69 Å². The van der Waals surface area contributed by atoms with Crippen molar-refractivity contribution in [3.8, 4) is 5.75 Å². The Hall–Kier alpha value is -2.19. The van der Waals surface area contributed by atoms with Gasteiger partial charge in [-0.1, -0.05) is 22.0 Å². The molecule has 1 aromatic heterocycles. The zero-order valence-electron chi connectivity index (χ0n) is 10.2. The summed E-state index contributed by atoms with van der Waals surface area (Å²) in [5.74, 6) is 5.99. The van der Waals surface area contributed by atoms with Crippen molar-refractivity contribution < 1.29 is 9.66 Å². The summed E-state index contributed by atoms with van der Waals surface area (Å²) in [6.45, 7) is 0.121. The number of pyridine rings is 1. The van der Waals surface area contributed by atoms with Crippen LogP contribution >= 0.6 is 15.9 Å². The molecule has 0 unspecified atom stereocenters. The zero-order chi connectivity index (χ0) is 14.5. The first kappa shape index (κ1) is 14.2. The molecular weight excluding hydrogens is 328 g/mol. The highest BCUT2D eigenvalue weighted by Crippen LogP contribution is 2.31. The number of hydrogen-bond donors (Lipinski definition) is 2. The maximum absolute atomic E-state index is 11.0. The largest absolute Gasteiger partial charge is 0.482 e. The molecule has 0 saturated heterocycles. The van der Waals surface area contributed by atoms with Gasteiger partial charge in [0.05, 0.1) is 4.92 Å². The molecule has 0 atom stereocenters. The van der Waals surface area contributed by atoms with Crippen molar-refractivity contribution in [2.45, 2.75) is 6.61 Å². The van der Waals surface area contributed by atoms with Gasteiger partial charge in [-0.2, -0.15) is 0 Å². The molecule has 0 bridgehead atoms. The fourth-order valence-electron chi connectivity index (χ4n) is 1.60. The van der Waals surface area contributed by atoms with Crippen LogP contribution in [0.15, 0.2) is 41.0 Å². The SMILES string of the molecule is NNc1ncccc1COc1ccc(Br)cc1[N+](=O)[O-]. The first-order chi connectivity index (χ1) is 9.61. The number of anilines is 1. The highest BCUT2D eigenvalue weighted by Gasteiger charge is 2.16. The van der Waals surface area contributed by atoms with Crippen molar-refractivity contribution in [2.24, 2.45) is 5.84 Å². The maximum atomic E-state index is 11.0. The standard InChI is InChI=1S/C12H11BrN4O3/c13-9-3-4-11(10(6-9)17(18)19)20-7-8-2-1-5-15-12(8)16-14/h1-6H,7,14H2,(H,15,16). The summed E-state index contributed by atoms with van der Waals surface area (Å²) in [5.41, 5.74) is 3.04. The molecule has 1 aromatic carbocycles. The van der Waals surface area contributed by atoms with Crippen molar-refractivity contribution in [1.82, 2.24) is 4.98 Å². The van der Waals surface area contributed by atoms with E-state index in [2.05, 4.69) is 26.3 Å². The number of nitro benzene ring substituents is 1. The van der Waals surface area contributed by atoms with Crippen LogP contribution in [0.3, 0.4) is 0 Å². The summed E-state index contributed by atoms with van der Waals surface area (Å²) >= 11 is 3.19.